The van der Waals surface area contributed by atoms with Crippen LogP contribution >= 0.6 is 11.6 Å². The molecule has 0 aliphatic carbocycles. The van der Waals surface area contributed by atoms with Gasteiger partial charge in [-0.05, 0) is 37.1 Å². The molecule has 25 heavy (non-hydrogen) atoms. The molecule has 2 fully saturated rings. The maximum Gasteiger partial charge on any atom is 0.322 e. The number of piperazine rings is 1. The highest BCUT2D eigenvalue weighted by Gasteiger charge is 2.30. The summed E-state index contributed by atoms with van der Waals surface area (Å²) in [6.45, 7) is 4.78. The Balaban J connectivity index is 1.48. The van der Waals surface area contributed by atoms with Gasteiger partial charge in [0.2, 0.25) is 5.91 Å². The molecule has 0 radical (unpaired) electrons. The van der Waals surface area contributed by atoms with E-state index < -0.39 is 12.1 Å². The summed E-state index contributed by atoms with van der Waals surface area (Å²) in [5.41, 5.74) is 2.15. The Morgan fingerprint density at radius 2 is 1.96 bits per heavy atom. The number of anilines is 1. The number of benzene rings is 1. The number of nitrogens with zero attached hydrogens (tertiary/aromatic N) is 2. The van der Waals surface area contributed by atoms with Gasteiger partial charge >= 0.3 is 6.03 Å². The molecule has 0 aromatic heterocycles. The van der Waals surface area contributed by atoms with Gasteiger partial charge in [0.1, 0.15) is 6.04 Å². The van der Waals surface area contributed by atoms with Gasteiger partial charge in [0.25, 0.3) is 5.91 Å². The molecule has 4 amide bonds. The molecule has 1 aromatic rings. The number of urea groups is 1. The minimum atomic E-state index is -0.602. The Labute approximate surface area is 151 Å². The predicted molar refractivity (Wildman–Crippen MR) is 94.7 cm³/mol. The van der Waals surface area contributed by atoms with Gasteiger partial charge in [0.05, 0.1) is 0 Å². The number of aryl methyl sites for hydroxylation is 1. The summed E-state index contributed by atoms with van der Waals surface area (Å²) in [7, 11) is 0. The first-order valence-corrected chi connectivity index (χ1v) is 8.72. The van der Waals surface area contributed by atoms with Crippen LogP contribution in [0.25, 0.3) is 0 Å². The lowest BCUT2D eigenvalue weighted by Crippen LogP contribution is -2.49. The van der Waals surface area contributed by atoms with Crippen LogP contribution in [0.15, 0.2) is 18.2 Å². The minimum absolute atomic E-state index is 0.0147. The van der Waals surface area contributed by atoms with Gasteiger partial charge in [-0.3, -0.25) is 14.9 Å². The van der Waals surface area contributed by atoms with Crippen LogP contribution < -0.4 is 15.5 Å². The Hall–Kier alpha value is -2.28. The molecule has 134 valence electrons. The number of rotatable bonds is 4. The van der Waals surface area contributed by atoms with E-state index in [0.29, 0.717) is 19.5 Å². The Bertz CT molecular complexity index is 701. The zero-order valence-electron chi connectivity index (χ0n) is 14.0. The van der Waals surface area contributed by atoms with Crippen molar-refractivity contribution < 1.29 is 14.4 Å². The lowest BCUT2D eigenvalue weighted by molar-refractivity contribution is -0.131. The van der Waals surface area contributed by atoms with Crippen LogP contribution in [0.5, 0.6) is 0 Å². The van der Waals surface area contributed by atoms with Gasteiger partial charge in [-0.1, -0.05) is 11.6 Å². The van der Waals surface area contributed by atoms with Crippen molar-refractivity contribution in [1.82, 2.24) is 15.5 Å². The summed E-state index contributed by atoms with van der Waals surface area (Å²) in [5, 5.41) is 5.43. The van der Waals surface area contributed by atoms with Gasteiger partial charge < -0.3 is 15.1 Å². The normalized spacial score (nSPS) is 20.5. The van der Waals surface area contributed by atoms with E-state index in [4.69, 9.17) is 11.6 Å². The van der Waals surface area contributed by atoms with Crippen LogP contribution in [0.3, 0.4) is 0 Å². The molecule has 2 saturated heterocycles. The van der Waals surface area contributed by atoms with Crippen LogP contribution in [0.2, 0.25) is 5.02 Å². The third-order valence-electron chi connectivity index (χ3n) is 4.64. The Kier molecular flexibility index (Phi) is 5.13. The fourth-order valence-electron chi connectivity index (χ4n) is 3.13. The highest BCUT2D eigenvalue weighted by atomic mass is 35.5. The van der Waals surface area contributed by atoms with Gasteiger partial charge in [-0.2, -0.15) is 0 Å². The highest BCUT2D eigenvalue weighted by molar-refractivity contribution is 6.31. The molecular formula is C17H21ClN4O3. The van der Waals surface area contributed by atoms with Crippen LogP contribution in [-0.2, 0) is 9.59 Å². The average Bonchev–Trinajstić information content (AvgIpc) is 2.93. The predicted octanol–water partition coefficient (Wildman–Crippen LogP) is 1.29. The van der Waals surface area contributed by atoms with Gasteiger partial charge in [-0.15, -0.1) is 0 Å². The molecule has 7 nitrogen and oxygen atoms in total. The summed E-state index contributed by atoms with van der Waals surface area (Å²) in [6, 6.07) is 4.85. The summed E-state index contributed by atoms with van der Waals surface area (Å²) in [6.07, 6.45) is 0.575. The van der Waals surface area contributed by atoms with Crippen molar-refractivity contribution in [3.8, 4) is 0 Å². The molecule has 2 heterocycles. The maximum atomic E-state index is 12.3. The second kappa shape index (κ2) is 7.31. The van der Waals surface area contributed by atoms with E-state index in [2.05, 4.69) is 21.6 Å². The zero-order valence-corrected chi connectivity index (χ0v) is 14.8. The molecule has 1 atom stereocenters. The fraction of sp³-hybridized carbons (Fsp3) is 0.471. The summed E-state index contributed by atoms with van der Waals surface area (Å²) in [5.74, 6) is -0.346. The Morgan fingerprint density at radius 1 is 1.24 bits per heavy atom. The van der Waals surface area contributed by atoms with Crippen LogP contribution in [0.1, 0.15) is 18.4 Å². The van der Waals surface area contributed by atoms with E-state index in [1.54, 1.807) is 0 Å². The first-order chi connectivity index (χ1) is 11.9. The van der Waals surface area contributed by atoms with Crippen molar-refractivity contribution >= 4 is 35.1 Å². The summed E-state index contributed by atoms with van der Waals surface area (Å²) in [4.78, 5) is 38.9. The SMILES string of the molecule is Cc1cc(N2CCN(C(=O)CCC3NC(=O)NC3=O)CC2)ccc1Cl. The molecule has 2 aliphatic rings. The molecular weight excluding hydrogens is 344 g/mol. The van der Waals surface area contributed by atoms with E-state index >= 15 is 0 Å². The third kappa shape index (κ3) is 4.04. The monoisotopic (exact) mass is 364 g/mol. The second-order valence-corrected chi connectivity index (χ2v) is 6.76. The van der Waals surface area contributed by atoms with Crippen molar-refractivity contribution in [2.45, 2.75) is 25.8 Å². The molecule has 0 bridgehead atoms. The molecule has 8 heteroatoms. The molecule has 2 N–H and O–H groups in total. The Morgan fingerprint density at radius 3 is 2.56 bits per heavy atom. The van der Waals surface area contributed by atoms with Crippen LogP contribution in [0, 0.1) is 6.92 Å². The minimum Gasteiger partial charge on any atom is -0.368 e. The van der Waals surface area contributed by atoms with E-state index in [9.17, 15) is 14.4 Å². The quantitative estimate of drug-likeness (QED) is 0.789. The number of carbonyl (C=O) groups excluding carboxylic acids is 3. The number of nitrogens with one attached hydrogen (secondary N) is 2. The fourth-order valence-corrected chi connectivity index (χ4v) is 3.25. The van der Waals surface area contributed by atoms with E-state index in [1.165, 1.54) is 0 Å². The zero-order chi connectivity index (χ0) is 18.0. The van der Waals surface area contributed by atoms with Crippen LogP contribution in [-0.4, -0.2) is 55.0 Å². The summed E-state index contributed by atoms with van der Waals surface area (Å²) >= 11 is 6.07. The maximum absolute atomic E-state index is 12.3. The molecule has 2 aliphatic heterocycles. The molecule has 3 rings (SSSR count). The average molecular weight is 365 g/mol. The number of hydrogen-bond donors (Lipinski definition) is 2. The van der Waals surface area contributed by atoms with E-state index in [0.717, 1.165) is 29.4 Å². The van der Waals surface area contributed by atoms with Crippen molar-refractivity contribution in [2.24, 2.45) is 0 Å². The first kappa shape index (κ1) is 17.5. The number of halogens is 1. The molecule has 0 spiro atoms. The topological polar surface area (TPSA) is 81.8 Å². The van der Waals surface area contributed by atoms with Crippen LogP contribution in [0.4, 0.5) is 10.5 Å². The lowest BCUT2D eigenvalue weighted by Gasteiger charge is -2.36. The van der Waals surface area contributed by atoms with Crippen molar-refractivity contribution in [2.75, 3.05) is 31.1 Å². The van der Waals surface area contributed by atoms with E-state index in [1.807, 2.05) is 24.0 Å². The number of hydrogen-bond acceptors (Lipinski definition) is 4. The lowest BCUT2D eigenvalue weighted by atomic mass is 10.1. The van der Waals surface area contributed by atoms with Gasteiger partial charge in [-0.25, -0.2) is 4.79 Å². The largest absolute Gasteiger partial charge is 0.368 e. The smallest absolute Gasteiger partial charge is 0.322 e. The molecule has 1 unspecified atom stereocenters. The summed E-state index contributed by atoms with van der Waals surface area (Å²) < 4.78 is 0. The van der Waals surface area contributed by atoms with Gasteiger partial charge in [0, 0.05) is 43.3 Å². The number of amides is 4. The van der Waals surface area contributed by atoms with Crippen molar-refractivity contribution in [3.63, 3.8) is 0 Å². The standard InChI is InChI=1S/C17H21ClN4O3/c1-11-10-12(2-3-13(11)18)21-6-8-22(9-7-21)15(23)5-4-14-16(24)20-17(25)19-14/h2-3,10,14H,4-9H2,1H3,(H2,19,20,24,25). The van der Waals surface area contributed by atoms with Crippen molar-refractivity contribution in [1.29, 1.82) is 0 Å². The number of imide groups is 1. The third-order valence-corrected chi connectivity index (χ3v) is 5.07. The number of carbonyl (C=O) groups is 3. The molecule has 1 aromatic carbocycles. The highest BCUT2D eigenvalue weighted by Crippen LogP contribution is 2.23. The van der Waals surface area contributed by atoms with Gasteiger partial charge in [0.15, 0.2) is 0 Å². The first-order valence-electron chi connectivity index (χ1n) is 8.34. The van der Waals surface area contributed by atoms with Crippen molar-refractivity contribution in [3.05, 3.63) is 28.8 Å². The molecule has 0 saturated carbocycles. The second-order valence-electron chi connectivity index (χ2n) is 6.36. The van der Waals surface area contributed by atoms with E-state index in [-0.39, 0.29) is 18.2 Å².